The molecule has 0 aliphatic rings. The smallest absolute Gasteiger partial charge is 0.225 e. The summed E-state index contributed by atoms with van der Waals surface area (Å²) in [5.41, 5.74) is -0.220. The largest absolute Gasteiger partial charge is 0.355 e. The molecule has 0 aromatic heterocycles. The van der Waals surface area contributed by atoms with Crippen molar-refractivity contribution < 1.29 is 4.79 Å². The van der Waals surface area contributed by atoms with Gasteiger partial charge < -0.3 is 5.32 Å². The maximum Gasteiger partial charge on any atom is 0.225 e. The summed E-state index contributed by atoms with van der Waals surface area (Å²) in [4.78, 5) is 11.3. The average molecular weight is 222 g/mol. The Hall–Kier alpha value is -0.0500. The lowest BCUT2D eigenvalue weighted by Crippen LogP contribution is -2.37. The van der Waals surface area contributed by atoms with Crippen LogP contribution in [0.25, 0.3) is 0 Å². The molecular weight excluding hydrogens is 206 g/mol. The Morgan fingerprint density at radius 1 is 1.55 bits per heavy atom. The van der Waals surface area contributed by atoms with Crippen LogP contribution in [0.4, 0.5) is 0 Å². The first-order valence-electron chi connectivity index (χ1n) is 3.89. The molecule has 66 valence electrons. The van der Waals surface area contributed by atoms with Crippen molar-refractivity contribution in [1.82, 2.24) is 5.32 Å². The maximum absolute atomic E-state index is 11.3. The van der Waals surface area contributed by atoms with Gasteiger partial charge in [0.1, 0.15) is 0 Å². The molecule has 2 nitrogen and oxygen atoms in total. The Bertz CT molecular complexity index is 134. The van der Waals surface area contributed by atoms with Crippen LogP contribution in [0.1, 0.15) is 27.2 Å². The molecule has 0 aromatic carbocycles. The van der Waals surface area contributed by atoms with E-state index in [9.17, 15) is 4.79 Å². The quantitative estimate of drug-likeness (QED) is 0.723. The summed E-state index contributed by atoms with van der Waals surface area (Å²) in [6.45, 7) is 6.64. The van der Waals surface area contributed by atoms with E-state index in [1.54, 1.807) is 0 Å². The standard InChI is InChI=1S/C8H16BrNO/c1-4-8(2,3)7(11)10-6-5-9/h4-6H2,1-3H3,(H,10,11). The highest BCUT2D eigenvalue weighted by Crippen LogP contribution is 2.18. The topological polar surface area (TPSA) is 29.1 Å². The van der Waals surface area contributed by atoms with E-state index >= 15 is 0 Å². The number of carbonyl (C=O) groups excluding carboxylic acids is 1. The van der Waals surface area contributed by atoms with E-state index in [1.807, 2.05) is 20.8 Å². The van der Waals surface area contributed by atoms with Gasteiger partial charge in [0.15, 0.2) is 0 Å². The highest BCUT2D eigenvalue weighted by molar-refractivity contribution is 9.09. The Balaban J connectivity index is 3.82. The van der Waals surface area contributed by atoms with Gasteiger partial charge in [-0.05, 0) is 6.42 Å². The van der Waals surface area contributed by atoms with Gasteiger partial charge >= 0.3 is 0 Å². The molecule has 0 atom stereocenters. The van der Waals surface area contributed by atoms with Gasteiger partial charge in [-0.1, -0.05) is 36.7 Å². The first kappa shape index (κ1) is 11.0. The van der Waals surface area contributed by atoms with Gasteiger partial charge in [0, 0.05) is 17.3 Å². The van der Waals surface area contributed by atoms with Crippen LogP contribution in [0, 0.1) is 5.41 Å². The molecule has 11 heavy (non-hydrogen) atoms. The minimum atomic E-state index is -0.220. The van der Waals surface area contributed by atoms with Crippen molar-refractivity contribution in [3.8, 4) is 0 Å². The first-order chi connectivity index (χ1) is 5.04. The van der Waals surface area contributed by atoms with Gasteiger partial charge in [-0.15, -0.1) is 0 Å². The molecule has 0 bridgehead atoms. The zero-order valence-corrected chi connectivity index (χ0v) is 8.99. The molecule has 0 aliphatic carbocycles. The molecule has 0 aliphatic heterocycles. The van der Waals surface area contributed by atoms with Crippen molar-refractivity contribution in [1.29, 1.82) is 0 Å². The third-order valence-electron chi connectivity index (χ3n) is 1.88. The van der Waals surface area contributed by atoms with Gasteiger partial charge in [-0.2, -0.15) is 0 Å². The van der Waals surface area contributed by atoms with Crippen molar-refractivity contribution in [3.63, 3.8) is 0 Å². The number of amides is 1. The second-order valence-electron chi connectivity index (χ2n) is 3.18. The molecule has 0 heterocycles. The van der Waals surface area contributed by atoms with Gasteiger partial charge in [-0.3, -0.25) is 4.79 Å². The second-order valence-corrected chi connectivity index (χ2v) is 3.98. The maximum atomic E-state index is 11.3. The van der Waals surface area contributed by atoms with Crippen molar-refractivity contribution in [2.45, 2.75) is 27.2 Å². The van der Waals surface area contributed by atoms with E-state index in [2.05, 4.69) is 21.2 Å². The Morgan fingerprint density at radius 2 is 2.09 bits per heavy atom. The molecule has 0 saturated carbocycles. The number of alkyl halides is 1. The van der Waals surface area contributed by atoms with Crippen LogP contribution in [0.15, 0.2) is 0 Å². The number of carbonyl (C=O) groups is 1. The second kappa shape index (κ2) is 4.75. The van der Waals surface area contributed by atoms with Crippen LogP contribution in [-0.4, -0.2) is 17.8 Å². The fraction of sp³-hybridized carbons (Fsp3) is 0.875. The number of rotatable bonds is 4. The van der Waals surface area contributed by atoms with Gasteiger partial charge in [0.25, 0.3) is 0 Å². The summed E-state index contributed by atoms with van der Waals surface area (Å²) in [5.74, 6) is 0.138. The third kappa shape index (κ3) is 3.75. The Morgan fingerprint density at radius 3 is 2.45 bits per heavy atom. The molecule has 0 rings (SSSR count). The molecule has 0 radical (unpaired) electrons. The third-order valence-corrected chi connectivity index (χ3v) is 2.28. The molecule has 0 aromatic rings. The summed E-state index contributed by atoms with van der Waals surface area (Å²) in [6, 6.07) is 0. The summed E-state index contributed by atoms with van der Waals surface area (Å²) < 4.78 is 0. The Labute approximate surface area is 76.9 Å². The van der Waals surface area contributed by atoms with Crippen LogP contribution in [0.5, 0.6) is 0 Å². The van der Waals surface area contributed by atoms with E-state index in [0.29, 0.717) is 6.54 Å². The van der Waals surface area contributed by atoms with Gasteiger partial charge in [0.05, 0.1) is 0 Å². The monoisotopic (exact) mass is 221 g/mol. The van der Waals surface area contributed by atoms with Crippen molar-refractivity contribution in [2.75, 3.05) is 11.9 Å². The number of hydrogen-bond acceptors (Lipinski definition) is 1. The van der Waals surface area contributed by atoms with Gasteiger partial charge in [0.2, 0.25) is 5.91 Å². The van der Waals surface area contributed by atoms with Crippen LogP contribution < -0.4 is 5.32 Å². The molecule has 1 amide bonds. The van der Waals surface area contributed by atoms with E-state index < -0.39 is 0 Å². The van der Waals surface area contributed by atoms with Crippen LogP contribution in [-0.2, 0) is 4.79 Å². The number of halogens is 1. The predicted octanol–water partition coefficient (Wildman–Crippen LogP) is 1.93. The molecule has 0 fully saturated rings. The minimum Gasteiger partial charge on any atom is -0.355 e. The zero-order valence-electron chi connectivity index (χ0n) is 7.41. The molecule has 1 N–H and O–H groups in total. The first-order valence-corrected chi connectivity index (χ1v) is 5.01. The summed E-state index contributed by atoms with van der Waals surface area (Å²) in [7, 11) is 0. The highest BCUT2D eigenvalue weighted by atomic mass is 79.9. The molecular formula is C8H16BrNO. The fourth-order valence-electron chi connectivity index (χ4n) is 0.561. The van der Waals surface area contributed by atoms with Crippen molar-refractivity contribution in [3.05, 3.63) is 0 Å². The lowest BCUT2D eigenvalue weighted by Gasteiger charge is -2.20. The van der Waals surface area contributed by atoms with Crippen LogP contribution in [0.3, 0.4) is 0 Å². The lowest BCUT2D eigenvalue weighted by molar-refractivity contribution is -0.129. The number of hydrogen-bond donors (Lipinski definition) is 1. The summed E-state index contributed by atoms with van der Waals surface area (Å²) in [6.07, 6.45) is 0.876. The van der Waals surface area contributed by atoms with Crippen LogP contribution in [0.2, 0.25) is 0 Å². The van der Waals surface area contributed by atoms with Gasteiger partial charge in [-0.25, -0.2) is 0 Å². The molecule has 0 unspecified atom stereocenters. The zero-order chi connectivity index (χ0) is 8.91. The molecule has 3 heteroatoms. The SMILES string of the molecule is CCC(C)(C)C(=O)NCCBr. The van der Waals surface area contributed by atoms with E-state index in [0.717, 1.165) is 11.8 Å². The van der Waals surface area contributed by atoms with E-state index in [1.165, 1.54) is 0 Å². The van der Waals surface area contributed by atoms with E-state index in [-0.39, 0.29) is 11.3 Å². The summed E-state index contributed by atoms with van der Waals surface area (Å²) in [5, 5.41) is 3.66. The molecule has 0 saturated heterocycles. The van der Waals surface area contributed by atoms with Crippen molar-refractivity contribution >= 4 is 21.8 Å². The highest BCUT2D eigenvalue weighted by Gasteiger charge is 2.24. The molecule has 0 spiro atoms. The Kier molecular flexibility index (Phi) is 4.73. The minimum absolute atomic E-state index is 0.138. The van der Waals surface area contributed by atoms with E-state index in [4.69, 9.17) is 0 Å². The average Bonchev–Trinajstić information content (AvgIpc) is 2.00. The summed E-state index contributed by atoms with van der Waals surface area (Å²) >= 11 is 3.25. The number of nitrogens with one attached hydrogen (secondary N) is 1. The predicted molar refractivity (Wildman–Crippen MR) is 50.9 cm³/mol. The fourth-order valence-corrected chi connectivity index (χ4v) is 0.759. The normalized spacial score (nSPS) is 11.3. The lowest BCUT2D eigenvalue weighted by atomic mass is 9.89. The van der Waals surface area contributed by atoms with Crippen molar-refractivity contribution in [2.24, 2.45) is 5.41 Å². The van der Waals surface area contributed by atoms with Crippen LogP contribution >= 0.6 is 15.9 Å².